The second-order valence-electron chi connectivity index (χ2n) is 6.14. The van der Waals surface area contributed by atoms with E-state index in [4.69, 9.17) is 9.26 Å². The van der Waals surface area contributed by atoms with E-state index in [2.05, 4.69) is 15.4 Å². The Kier molecular flexibility index (Phi) is 6.03. The first kappa shape index (κ1) is 17.4. The zero-order valence-corrected chi connectivity index (χ0v) is 14.1. The smallest absolute Gasteiger partial charge is 0.273 e. The van der Waals surface area contributed by atoms with Gasteiger partial charge in [-0.05, 0) is 38.1 Å². The molecule has 2 heterocycles. The van der Waals surface area contributed by atoms with E-state index >= 15 is 0 Å². The fourth-order valence-electron chi connectivity index (χ4n) is 2.84. The number of ether oxygens (including phenoxy) is 1. The number of rotatable bonds is 8. The lowest BCUT2D eigenvalue weighted by Gasteiger charge is -2.22. The molecule has 3 rings (SSSR count). The fourth-order valence-corrected chi connectivity index (χ4v) is 2.84. The van der Waals surface area contributed by atoms with Gasteiger partial charge in [0.05, 0.1) is 12.6 Å². The van der Waals surface area contributed by atoms with Crippen molar-refractivity contribution in [1.29, 1.82) is 0 Å². The van der Waals surface area contributed by atoms with Crippen molar-refractivity contribution in [2.24, 2.45) is 0 Å². The van der Waals surface area contributed by atoms with Gasteiger partial charge in [-0.25, -0.2) is 0 Å². The van der Waals surface area contributed by atoms with Crippen molar-refractivity contribution in [3.05, 3.63) is 47.9 Å². The van der Waals surface area contributed by atoms with Gasteiger partial charge in [0.15, 0.2) is 11.5 Å². The van der Waals surface area contributed by atoms with E-state index in [1.165, 1.54) is 12.8 Å². The maximum atomic E-state index is 12.3. The van der Waals surface area contributed by atoms with Gasteiger partial charge in [0, 0.05) is 12.6 Å². The van der Waals surface area contributed by atoms with Crippen LogP contribution in [0.15, 0.2) is 40.9 Å². The summed E-state index contributed by atoms with van der Waals surface area (Å²) in [5.41, 5.74) is 0.187. The highest BCUT2D eigenvalue weighted by atomic mass is 16.5. The molecule has 25 heavy (non-hydrogen) atoms. The number of aliphatic hydroxyl groups is 1. The molecule has 0 bridgehead atoms. The largest absolute Gasteiger partial charge is 0.486 e. The second kappa shape index (κ2) is 8.64. The summed E-state index contributed by atoms with van der Waals surface area (Å²) in [5, 5.41) is 16.1. The maximum Gasteiger partial charge on any atom is 0.273 e. The second-order valence-corrected chi connectivity index (χ2v) is 6.14. The number of para-hydroxylation sites is 1. The molecule has 1 aliphatic heterocycles. The molecule has 0 saturated carbocycles. The number of amides is 1. The van der Waals surface area contributed by atoms with Crippen LogP contribution in [0.5, 0.6) is 5.75 Å². The molecule has 1 fully saturated rings. The number of benzene rings is 1. The third kappa shape index (κ3) is 5.04. The summed E-state index contributed by atoms with van der Waals surface area (Å²) in [4.78, 5) is 14.5. The molecule has 1 saturated heterocycles. The first-order chi connectivity index (χ1) is 12.2. The fraction of sp³-hybridized carbons (Fsp3) is 0.444. The van der Waals surface area contributed by atoms with E-state index in [1.54, 1.807) is 6.07 Å². The Balaban J connectivity index is 1.50. The Morgan fingerprint density at radius 2 is 2.08 bits per heavy atom. The molecule has 1 atom stereocenters. The van der Waals surface area contributed by atoms with Gasteiger partial charge in [-0.15, -0.1) is 0 Å². The standard InChI is InChI=1S/C18H23N3O4/c22-12-14(11-21-8-4-5-9-21)19-18(23)17-10-16(25-20-17)13-24-15-6-2-1-3-7-15/h1-3,6-7,10,14,22H,4-5,8-9,11-13H2,(H,19,23). The van der Waals surface area contributed by atoms with Crippen LogP contribution in [-0.4, -0.2) is 53.4 Å². The van der Waals surface area contributed by atoms with E-state index < -0.39 is 0 Å². The molecule has 1 aliphatic rings. The van der Waals surface area contributed by atoms with Crippen molar-refractivity contribution in [1.82, 2.24) is 15.4 Å². The molecule has 2 aromatic rings. The quantitative estimate of drug-likeness (QED) is 0.753. The minimum absolute atomic E-state index is 0.107. The Morgan fingerprint density at radius 1 is 1.32 bits per heavy atom. The molecule has 2 N–H and O–H groups in total. The topological polar surface area (TPSA) is 87.8 Å². The molecule has 1 aromatic heterocycles. The molecule has 1 aromatic carbocycles. The summed E-state index contributed by atoms with van der Waals surface area (Å²) >= 11 is 0. The Morgan fingerprint density at radius 3 is 2.80 bits per heavy atom. The van der Waals surface area contributed by atoms with Gasteiger partial charge in [-0.3, -0.25) is 4.79 Å². The Hall–Kier alpha value is -2.38. The van der Waals surface area contributed by atoms with E-state index in [1.807, 2.05) is 30.3 Å². The van der Waals surface area contributed by atoms with Crippen LogP contribution >= 0.6 is 0 Å². The molecule has 7 nitrogen and oxygen atoms in total. The van der Waals surface area contributed by atoms with Crippen molar-refractivity contribution >= 4 is 5.91 Å². The number of nitrogens with one attached hydrogen (secondary N) is 1. The predicted octanol–water partition coefficient (Wildman–Crippen LogP) is 1.44. The summed E-state index contributed by atoms with van der Waals surface area (Å²) in [6.07, 6.45) is 2.33. The van der Waals surface area contributed by atoms with E-state index in [0.717, 1.165) is 18.8 Å². The Labute approximate surface area is 146 Å². The van der Waals surface area contributed by atoms with Crippen molar-refractivity contribution in [3.63, 3.8) is 0 Å². The van der Waals surface area contributed by atoms with Gasteiger partial charge in [-0.1, -0.05) is 23.4 Å². The van der Waals surface area contributed by atoms with Crippen LogP contribution in [0.2, 0.25) is 0 Å². The van der Waals surface area contributed by atoms with Gasteiger partial charge in [0.2, 0.25) is 0 Å². The van der Waals surface area contributed by atoms with Gasteiger partial charge in [-0.2, -0.15) is 0 Å². The summed E-state index contributed by atoms with van der Waals surface area (Å²) in [7, 11) is 0. The van der Waals surface area contributed by atoms with Crippen molar-refractivity contribution in [2.75, 3.05) is 26.2 Å². The van der Waals surface area contributed by atoms with Gasteiger partial charge in [0.1, 0.15) is 12.4 Å². The molecule has 134 valence electrons. The van der Waals surface area contributed by atoms with Crippen LogP contribution in [0.1, 0.15) is 29.1 Å². The van der Waals surface area contributed by atoms with Crippen LogP contribution < -0.4 is 10.1 Å². The van der Waals surface area contributed by atoms with Gasteiger partial charge >= 0.3 is 0 Å². The summed E-state index contributed by atoms with van der Waals surface area (Å²) in [6, 6.07) is 10.6. The monoisotopic (exact) mass is 345 g/mol. The SMILES string of the molecule is O=C(NC(CO)CN1CCCC1)c1cc(COc2ccccc2)on1. The average molecular weight is 345 g/mol. The predicted molar refractivity (Wildman–Crippen MR) is 91.3 cm³/mol. The number of carbonyl (C=O) groups is 1. The third-order valence-electron chi connectivity index (χ3n) is 4.15. The van der Waals surface area contributed by atoms with Crippen LogP contribution in [0.4, 0.5) is 0 Å². The number of nitrogens with zero attached hydrogens (tertiary/aromatic N) is 2. The molecule has 0 aliphatic carbocycles. The lowest BCUT2D eigenvalue weighted by atomic mass is 10.2. The molecule has 0 radical (unpaired) electrons. The molecule has 0 spiro atoms. The Bertz CT molecular complexity index is 668. The number of hydrogen-bond donors (Lipinski definition) is 2. The third-order valence-corrected chi connectivity index (χ3v) is 4.15. The minimum Gasteiger partial charge on any atom is -0.486 e. The van der Waals surface area contributed by atoms with Crippen LogP contribution in [0.25, 0.3) is 0 Å². The molecule has 1 unspecified atom stereocenters. The number of carbonyl (C=O) groups excluding carboxylic acids is 1. The number of hydrogen-bond acceptors (Lipinski definition) is 6. The van der Waals surface area contributed by atoms with E-state index in [0.29, 0.717) is 12.3 Å². The average Bonchev–Trinajstić information content (AvgIpc) is 3.32. The minimum atomic E-state index is -0.354. The van der Waals surface area contributed by atoms with Crippen LogP contribution in [-0.2, 0) is 6.61 Å². The van der Waals surface area contributed by atoms with E-state index in [-0.39, 0.29) is 30.9 Å². The molecular formula is C18H23N3O4. The van der Waals surface area contributed by atoms with Crippen LogP contribution in [0, 0.1) is 0 Å². The number of likely N-dealkylation sites (tertiary alicyclic amines) is 1. The van der Waals surface area contributed by atoms with Gasteiger partial charge < -0.3 is 24.6 Å². The first-order valence-electron chi connectivity index (χ1n) is 8.52. The highest BCUT2D eigenvalue weighted by molar-refractivity contribution is 5.92. The number of aliphatic hydroxyl groups excluding tert-OH is 1. The zero-order chi connectivity index (χ0) is 17.5. The van der Waals surface area contributed by atoms with Crippen molar-refractivity contribution in [2.45, 2.75) is 25.5 Å². The normalized spacial score (nSPS) is 15.9. The zero-order valence-electron chi connectivity index (χ0n) is 14.1. The van der Waals surface area contributed by atoms with Crippen molar-refractivity contribution < 1.29 is 19.2 Å². The molecule has 1 amide bonds. The molecule has 7 heteroatoms. The summed E-state index contributed by atoms with van der Waals surface area (Å²) in [6.45, 7) is 2.75. The highest BCUT2D eigenvalue weighted by Crippen LogP contribution is 2.13. The maximum absolute atomic E-state index is 12.3. The molecular weight excluding hydrogens is 322 g/mol. The van der Waals surface area contributed by atoms with Crippen molar-refractivity contribution in [3.8, 4) is 5.75 Å². The van der Waals surface area contributed by atoms with Gasteiger partial charge in [0.25, 0.3) is 5.91 Å². The lowest BCUT2D eigenvalue weighted by Crippen LogP contribution is -2.45. The lowest BCUT2D eigenvalue weighted by molar-refractivity contribution is 0.0890. The summed E-state index contributed by atoms with van der Waals surface area (Å²) in [5.74, 6) is 0.831. The van der Waals surface area contributed by atoms with Crippen LogP contribution in [0.3, 0.4) is 0 Å². The van der Waals surface area contributed by atoms with E-state index in [9.17, 15) is 9.90 Å². The summed E-state index contributed by atoms with van der Waals surface area (Å²) < 4.78 is 10.7. The first-order valence-corrected chi connectivity index (χ1v) is 8.52. The highest BCUT2D eigenvalue weighted by Gasteiger charge is 2.21. The number of aromatic nitrogens is 1.